The maximum absolute atomic E-state index is 12.3. The quantitative estimate of drug-likeness (QED) is 0.701. The Hall–Kier alpha value is -2.44. The number of likely N-dealkylation sites (N-methyl/N-ethyl adjacent to an activating group) is 1. The van der Waals surface area contributed by atoms with Crippen LogP contribution < -0.4 is 10.1 Å². The fourth-order valence-electron chi connectivity index (χ4n) is 2.54. The van der Waals surface area contributed by atoms with Crippen LogP contribution in [0.3, 0.4) is 0 Å². The topological polar surface area (TPSA) is 54.5 Å². The van der Waals surface area contributed by atoms with Gasteiger partial charge in [-0.1, -0.05) is 19.1 Å². The average Bonchev–Trinajstić information content (AvgIpc) is 3.04. The molecule has 5 nitrogen and oxygen atoms in total. The van der Waals surface area contributed by atoms with E-state index in [2.05, 4.69) is 21.3 Å². The highest BCUT2D eigenvalue weighted by atomic mass is 32.1. The molecule has 0 saturated carbocycles. The molecule has 0 aliphatic heterocycles. The van der Waals surface area contributed by atoms with E-state index in [1.807, 2.05) is 49.4 Å². The van der Waals surface area contributed by atoms with Crippen LogP contribution in [-0.2, 0) is 11.3 Å². The second-order valence-electron chi connectivity index (χ2n) is 5.66. The minimum atomic E-state index is -0.0341. The van der Waals surface area contributed by atoms with Gasteiger partial charge in [0.1, 0.15) is 10.8 Å². The first-order valence-corrected chi connectivity index (χ1v) is 9.00. The van der Waals surface area contributed by atoms with Crippen LogP contribution in [0.25, 0.3) is 10.2 Å². The average molecular weight is 355 g/mol. The molecule has 6 heteroatoms. The van der Waals surface area contributed by atoms with Crippen molar-refractivity contribution in [3.05, 3.63) is 53.5 Å². The zero-order chi connectivity index (χ0) is 17.6. The number of carbonyl (C=O) groups is 1. The molecule has 0 spiro atoms. The summed E-state index contributed by atoms with van der Waals surface area (Å²) in [6, 6.07) is 15.4. The Morgan fingerprint density at radius 3 is 2.64 bits per heavy atom. The van der Waals surface area contributed by atoms with Crippen LogP contribution in [0.15, 0.2) is 48.5 Å². The van der Waals surface area contributed by atoms with Crippen LogP contribution in [-0.4, -0.2) is 36.0 Å². The predicted molar refractivity (Wildman–Crippen MR) is 102 cm³/mol. The van der Waals surface area contributed by atoms with E-state index in [0.717, 1.165) is 28.5 Å². The van der Waals surface area contributed by atoms with Gasteiger partial charge in [0, 0.05) is 5.69 Å². The Morgan fingerprint density at radius 2 is 1.96 bits per heavy atom. The monoisotopic (exact) mass is 355 g/mol. The van der Waals surface area contributed by atoms with Crippen molar-refractivity contribution in [1.29, 1.82) is 0 Å². The third kappa shape index (κ3) is 4.55. The molecule has 0 aliphatic carbocycles. The highest BCUT2D eigenvalue weighted by Gasteiger charge is 2.12. The SMILES string of the molecule is CCN(CC(=O)Nc1ccc(OC)cc1)Cc1nc2ccccc2s1. The van der Waals surface area contributed by atoms with Crippen molar-refractivity contribution in [2.75, 3.05) is 25.5 Å². The number of rotatable bonds is 7. The molecule has 0 saturated heterocycles. The number of thiazole rings is 1. The summed E-state index contributed by atoms with van der Waals surface area (Å²) in [5.41, 5.74) is 1.78. The fourth-order valence-corrected chi connectivity index (χ4v) is 3.55. The van der Waals surface area contributed by atoms with Crippen molar-refractivity contribution < 1.29 is 9.53 Å². The Kier molecular flexibility index (Phi) is 5.63. The Morgan fingerprint density at radius 1 is 1.20 bits per heavy atom. The summed E-state index contributed by atoms with van der Waals surface area (Å²) in [5.74, 6) is 0.733. The molecule has 3 rings (SSSR count). The maximum Gasteiger partial charge on any atom is 0.238 e. The lowest BCUT2D eigenvalue weighted by Crippen LogP contribution is -2.32. The van der Waals surface area contributed by atoms with Gasteiger partial charge in [0.25, 0.3) is 0 Å². The van der Waals surface area contributed by atoms with E-state index in [9.17, 15) is 4.79 Å². The van der Waals surface area contributed by atoms with Gasteiger partial charge in [0.05, 0.1) is 30.4 Å². The lowest BCUT2D eigenvalue weighted by atomic mass is 10.3. The number of anilines is 1. The van der Waals surface area contributed by atoms with E-state index in [-0.39, 0.29) is 5.91 Å². The number of fused-ring (bicyclic) bond motifs is 1. The largest absolute Gasteiger partial charge is 0.497 e. The number of methoxy groups -OCH3 is 1. The van der Waals surface area contributed by atoms with Crippen molar-refractivity contribution >= 4 is 33.1 Å². The zero-order valence-corrected chi connectivity index (χ0v) is 15.2. The molecule has 25 heavy (non-hydrogen) atoms. The highest BCUT2D eigenvalue weighted by molar-refractivity contribution is 7.18. The molecule has 1 heterocycles. The lowest BCUT2D eigenvalue weighted by Gasteiger charge is -2.18. The Bertz CT molecular complexity index is 812. The van der Waals surface area contributed by atoms with Crippen LogP contribution in [0.5, 0.6) is 5.75 Å². The third-order valence-electron chi connectivity index (χ3n) is 3.89. The first kappa shape index (κ1) is 17.4. The van der Waals surface area contributed by atoms with E-state index < -0.39 is 0 Å². The second-order valence-corrected chi connectivity index (χ2v) is 6.77. The molecule has 0 fully saturated rings. The normalized spacial score (nSPS) is 11.0. The van der Waals surface area contributed by atoms with E-state index in [1.54, 1.807) is 18.4 Å². The molecule has 0 atom stereocenters. The number of carbonyl (C=O) groups excluding carboxylic acids is 1. The van der Waals surface area contributed by atoms with Gasteiger partial charge in [-0.3, -0.25) is 9.69 Å². The van der Waals surface area contributed by atoms with Gasteiger partial charge in [-0.15, -0.1) is 11.3 Å². The Labute approximate surface area is 151 Å². The molecule has 0 unspecified atom stereocenters. The lowest BCUT2D eigenvalue weighted by molar-refractivity contribution is -0.117. The molecule has 0 radical (unpaired) electrons. The summed E-state index contributed by atoms with van der Waals surface area (Å²) >= 11 is 1.68. The van der Waals surface area contributed by atoms with Crippen molar-refractivity contribution in [3.63, 3.8) is 0 Å². The van der Waals surface area contributed by atoms with Gasteiger partial charge in [0.2, 0.25) is 5.91 Å². The molecule has 0 aliphatic rings. The minimum Gasteiger partial charge on any atom is -0.497 e. The van der Waals surface area contributed by atoms with Crippen molar-refractivity contribution in [3.8, 4) is 5.75 Å². The van der Waals surface area contributed by atoms with Crippen LogP contribution in [0, 0.1) is 0 Å². The van der Waals surface area contributed by atoms with Gasteiger partial charge in [-0.05, 0) is 42.9 Å². The molecule has 130 valence electrons. The van der Waals surface area contributed by atoms with E-state index >= 15 is 0 Å². The van der Waals surface area contributed by atoms with Crippen LogP contribution in [0.1, 0.15) is 11.9 Å². The Balaban J connectivity index is 1.59. The molecule has 2 aromatic carbocycles. The molecular weight excluding hydrogens is 334 g/mol. The van der Waals surface area contributed by atoms with E-state index in [1.165, 1.54) is 4.70 Å². The smallest absolute Gasteiger partial charge is 0.238 e. The summed E-state index contributed by atoms with van der Waals surface area (Å²) in [6.45, 7) is 3.84. The summed E-state index contributed by atoms with van der Waals surface area (Å²) in [4.78, 5) is 19.0. The van der Waals surface area contributed by atoms with Crippen molar-refractivity contribution in [2.45, 2.75) is 13.5 Å². The fraction of sp³-hybridized carbons (Fsp3) is 0.263. The second kappa shape index (κ2) is 8.09. The first-order chi connectivity index (χ1) is 12.2. The van der Waals surface area contributed by atoms with E-state index in [0.29, 0.717) is 13.1 Å². The number of hydrogen-bond donors (Lipinski definition) is 1. The standard InChI is InChI=1S/C19H21N3O2S/c1-3-22(13-19-21-16-6-4-5-7-17(16)25-19)12-18(23)20-14-8-10-15(24-2)11-9-14/h4-11H,3,12-13H2,1-2H3,(H,20,23). The summed E-state index contributed by atoms with van der Waals surface area (Å²) < 4.78 is 6.30. The number of nitrogens with one attached hydrogen (secondary N) is 1. The number of para-hydroxylation sites is 1. The third-order valence-corrected chi connectivity index (χ3v) is 4.91. The molecule has 1 aromatic heterocycles. The maximum atomic E-state index is 12.3. The summed E-state index contributed by atoms with van der Waals surface area (Å²) in [5, 5.41) is 3.95. The first-order valence-electron chi connectivity index (χ1n) is 8.18. The number of ether oxygens (including phenoxy) is 1. The van der Waals surface area contributed by atoms with Gasteiger partial charge in [-0.2, -0.15) is 0 Å². The molecule has 0 bridgehead atoms. The highest BCUT2D eigenvalue weighted by Crippen LogP contribution is 2.22. The van der Waals surface area contributed by atoms with Crippen LogP contribution in [0.2, 0.25) is 0 Å². The van der Waals surface area contributed by atoms with Gasteiger partial charge in [0.15, 0.2) is 0 Å². The molecule has 1 N–H and O–H groups in total. The molecule has 1 amide bonds. The number of benzene rings is 2. The minimum absolute atomic E-state index is 0.0341. The number of amides is 1. The number of hydrogen-bond acceptors (Lipinski definition) is 5. The summed E-state index contributed by atoms with van der Waals surface area (Å²) in [7, 11) is 1.62. The molecule has 3 aromatic rings. The predicted octanol–water partition coefficient (Wildman–Crippen LogP) is 3.77. The van der Waals surface area contributed by atoms with E-state index in [4.69, 9.17) is 4.74 Å². The number of aromatic nitrogens is 1. The zero-order valence-electron chi connectivity index (χ0n) is 14.4. The van der Waals surface area contributed by atoms with Crippen LogP contribution in [0.4, 0.5) is 5.69 Å². The van der Waals surface area contributed by atoms with Crippen LogP contribution >= 0.6 is 11.3 Å². The number of nitrogens with zero attached hydrogens (tertiary/aromatic N) is 2. The van der Waals surface area contributed by atoms with Gasteiger partial charge in [-0.25, -0.2) is 4.98 Å². The van der Waals surface area contributed by atoms with Gasteiger partial charge < -0.3 is 10.1 Å². The van der Waals surface area contributed by atoms with Gasteiger partial charge >= 0.3 is 0 Å². The molecular formula is C19H21N3O2S. The van der Waals surface area contributed by atoms with Crippen molar-refractivity contribution in [2.24, 2.45) is 0 Å². The van der Waals surface area contributed by atoms with Crippen molar-refractivity contribution in [1.82, 2.24) is 9.88 Å². The summed E-state index contributed by atoms with van der Waals surface area (Å²) in [6.07, 6.45) is 0.